The molecule has 3 rings (SSSR count). The van der Waals surface area contributed by atoms with Gasteiger partial charge in [0.25, 0.3) is 0 Å². The first-order valence-electron chi connectivity index (χ1n) is 4.49. The van der Waals surface area contributed by atoms with E-state index in [-0.39, 0.29) is 11.4 Å². The SMILES string of the molecule is C=C(Cl)CNC(=O)C12CC(CN1)C2. The Morgan fingerprint density at radius 2 is 2.38 bits per heavy atom. The Morgan fingerprint density at radius 1 is 1.69 bits per heavy atom. The molecule has 0 atom stereocenters. The number of carbonyl (C=O) groups is 1. The lowest BCUT2D eigenvalue weighted by atomic mass is 9.73. The molecule has 2 saturated heterocycles. The largest absolute Gasteiger partial charge is 0.350 e. The number of rotatable bonds is 3. The van der Waals surface area contributed by atoms with Crippen LogP contribution >= 0.6 is 11.6 Å². The van der Waals surface area contributed by atoms with E-state index in [9.17, 15) is 4.79 Å². The van der Waals surface area contributed by atoms with Crippen molar-refractivity contribution in [2.75, 3.05) is 13.1 Å². The molecule has 0 unspecified atom stereocenters. The average molecular weight is 201 g/mol. The van der Waals surface area contributed by atoms with Crippen LogP contribution in [0.2, 0.25) is 0 Å². The van der Waals surface area contributed by atoms with Gasteiger partial charge in [-0.1, -0.05) is 18.2 Å². The van der Waals surface area contributed by atoms with Gasteiger partial charge in [-0.3, -0.25) is 4.79 Å². The lowest BCUT2D eigenvalue weighted by Gasteiger charge is -2.35. The van der Waals surface area contributed by atoms with Gasteiger partial charge in [0.05, 0.1) is 12.1 Å². The first kappa shape index (κ1) is 9.03. The number of hydrogen-bond acceptors (Lipinski definition) is 2. The molecular formula is C9H13ClN2O. The molecule has 2 bridgehead atoms. The van der Waals surface area contributed by atoms with Gasteiger partial charge in [0.15, 0.2) is 0 Å². The molecule has 2 heterocycles. The molecule has 0 aromatic heterocycles. The van der Waals surface area contributed by atoms with Crippen molar-refractivity contribution < 1.29 is 4.79 Å². The van der Waals surface area contributed by atoms with E-state index in [0.29, 0.717) is 17.5 Å². The van der Waals surface area contributed by atoms with Crippen LogP contribution < -0.4 is 10.6 Å². The van der Waals surface area contributed by atoms with E-state index >= 15 is 0 Å². The van der Waals surface area contributed by atoms with Crippen LogP contribution in [0.15, 0.2) is 11.6 Å². The maximum absolute atomic E-state index is 11.6. The van der Waals surface area contributed by atoms with Gasteiger partial charge in [-0.05, 0) is 25.3 Å². The van der Waals surface area contributed by atoms with Crippen molar-refractivity contribution in [2.45, 2.75) is 18.4 Å². The molecule has 1 amide bonds. The highest BCUT2D eigenvalue weighted by molar-refractivity contribution is 6.29. The fourth-order valence-corrected chi connectivity index (χ4v) is 2.23. The number of amides is 1. The van der Waals surface area contributed by atoms with Crippen LogP contribution in [0.4, 0.5) is 0 Å². The summed E-state index contributed by atoms with van der Waals surface area (Å²) < 4.78 is 0. The number of nitrogens with one attached hydrogen (secondary N) is 2. The van der Waals surface area contributed by atoms with Gasteiger partial charge >= 0.3 is 0 Å². The third-order valence-corrected chi connectivity index (χ3v) is 3.01. The van der Waals surface area contributed by atoms with E-state index in [0.717, 1.165) is 19.4 Å². The van der Waals surface area contributed by atoms with Crippen molar-refractivity contribution in [3.8, 4) is 0 Å². The van der Waals surface area contributed by atoms with Gasteiger partial charge in [-0.2, -0.15) is 0 Å². The summed E-state index contributed by atoms with van der Waals surface area (Å²) in [5.74, 6) is 0.785. The van der Waals surface area contributed by atoms with Gasteiger partial charge in [0.1, 0.15) is 0 Å². The summed E-state index contributed by atoms with van der Waals surface area (Å²) in [6.45, 7) is 4.87. The molecule has 3 nitrogen and oxygen atoms in total. The van der Waals surface area contributed by atoms with Crippen molar-refractivity contribution in [1.29, 1.82) is 0 Å². The summed E-state index contributed by atoms with van der Waals surface area (Å²) in [6.07, 6.45) is 1.96. The first-order chi connectivity index (χ1) is 6.12. The van der Waals surface area contributed by atoms with Crippen molar-refractivity contribution in [3.05, 3.63) is 11.6 Å². The van der Waals surface area contributed by atoms with Gasteiger partial charge in [-0.25, -0.2) is 0 Å². The van der Waals surface area contributed by atoms with Crippen LogP contribution in [0.1, 0.15) is 12.8 Å². The van der Waals surface area contributed by atoms with Crippen LogP contribution in [0.5, 0.6) is 0 Å². The fraction of sp³-hybridized carbons (Fsp3) is 0.667. The molecule has 1 aliphatic carbocycles. The molecular weight excluding hydrogens is 188 g/mol. The Morgan fingerprint density at radius 3 is 2.85 bits per heavy atom. The van der Waals surface area contributed by atoms with Crippen LogP contribution in [0, 0.1) is 5.92 Å². The standard InChI is InChI=1S/C9H13ClN2O/c1-6(10)4-11-8(13)9-2-7(3-9)5-12-9/h7,12H,1-5H2,(H,11,13). The minimum Gasteiger partial charge on any atom is -0.350 e. The molecule has 2 aliphatic heterocycles. The second-order valence-electron chi connectivity index (χ2n) is 3.94. The molecule has 0 radical (unpaired) electrons. The minimum absolute atomic E-state index is 0.0723. The van der Waals surface area contributed by atoms with E-state index in [1.807, 2.05) is 0 Å². The van der Waals surface area contributed by atoms with Crippen LogP contribution in [0.25, 0.3) is 0 Å². The maximum Gasteiger partial charge on any atom is 0.240 e. The van der Waals surface area contributed by atoms with Crippen molar-refractivity contribution in [3.63, 3.8) is 0 Å². The predicted molar refractivity (Wildman–Crippen MR) is 51.5 cm³/mol. The zero-order valence-corrected chi connectivity index (χ0v) is 8.16. The molecule has 1 saturated carbocycles. The van der Waals surface area contributed by atoms with Crippen molar-refractivity contribution >= 4 is 17.5 Å². The Labute approximate surface area is 82.5 Å². The average Bonchev–Trinajstić information content (AvgIpc) is 2.56. The summed E-state index contributed by atoms with van der Waals surface area (Å²) in [5.41, 5.74) is -0.267. The van der Waals surface area contributed by atoms with Crippen molar-refractivity contribution in [1.82, 2.24) is 10.6 Å². The van der Waals surface area contributed by atoms with E-state index in [2.05, 4.69) is 17.2 Å². The summed E-state index contributed by atoms with van der Waals surface area (Å²) in [7, 11) is 0. The van der Waals surface area contributed by atoms with Gasteiger partial charge in [0.2, 0.25) is 5.91 Å². The second kappa shape index (κ2) is 3.00. The van der Waals surface area contributed by atoms with E-state index in [1.54, 1.807) is 0 Å². The highest BCUT2D eigenvalue weighted by Crippen LogP contribution is 2.43. The zero-order chi connectivity index (χ0) is 9.47. The molecule has 0 aromatic carbocycles. The Balaban J connectivity index is 1.87. The molecule has 3 aliphatic rings. The highest BCUT2D eigenvalue weighted by Gasteiger charge is 2.55. The Bertz CT molecular complexity index is 253. The van der Waals surface area contributed by atoms with Crippen LogP contribution in [-0.2, 0) is 4.79 Å². The molecule has 3 fully saturated rings. The highest BCUT2D eigenvalue weighted by atomic mass is 35.5. The van der Waals surface area contributed by atoms with E-state index in [4.69, 9.17) is 11.6 Å². The van der Waals surface area contributed by atoms with E-state index in [1.165, 1.54) is 0 Å². The summed E-state index contributed by atoms with van der Waals surface area (Å²) in [4.78, 5) is 11.6. The van der Waals surface area contributed by atoms with Crippen molar-refractivity contribution in [2.24, 2.45) is 5.92 Å². The molecule has 2 N–H and O–H groups in total. The lowest BCUT2D eigenvalue weighted by molar-refractivity contribution is -0.129. The summed E-state index contributed by atoms with van der Waals surface area (Å²) in [5, 5.41) is 6.49. The zero-order valence-electron chi connectivity index (χ0n) is 7.40. The topological polar surface area (TPSA) is 41.1 Å². The van der Waals surface area contributed by atoms with Gasteiger partial charge in [-0.15, -0.1) is 0 Å². The Kier molecular flexibility index (Phi) is 2.08. The minimum atomic E-state index is -0.267. The number of halogens is 1. The quantitative estimate of drug-likeness (QED) is 0.701. The smallest absolute Gasteiger partial charge is 0.240 e. The maximum atomic E-state index is 11.6. The molecule has 4 heteroatoms. The second-order valence-corrected chi connectivity index (χ2v) is 4.47. The monoisotopic (exact) mass is 200 g/mol. The van der Waals surface area contributed by atoms with Gasteiger partial charge < -0.3 is 10.6 Å². The third kappa shape index (κ3) is 1.46. The number of carbonyl (C=O) groups excluding carboxylic acids is 1. The number of hydrogen-bond donors (Lipinski definition) is 2. The Hall–Kier alpha value is -0.540. The predicted octanol–water partition coefficient (Wildman–Crippen LogP) is 0.607. The molecule has 0 aromatic rings. The fourth-order valence-electron chi connectivity index (χ4n) is 2.17. The first-order valence-corrected chi connectivity index (χ1v) is 4.87. The normalized spacial score (nSPS) is 35.3. The van der Waals surface area contributed by atoms with Crippen LogP contribution in [-0.4, -0.2) is 24.5 Å². The van der Waals surface area contributed by atoms with E-state index < -0.39 is 0 Å². The summed E-state index contributed by atoms with van der Waals surface area (Å²) in [6, 6.07) is 0. The number of fused-ring (bicyclic) bond motifs is 1. The van der Waals surface area contributed by atoms with Gasteiger partial charge in [0, 0.05) is 5.03 Å². The summed E-state index contributed by atoms with van der Waals surface area (Å²) >= 11 is 5.56. The molecule has 72 valence electrons. The van der Waals surface area contributed by atoms with Crippen LogP contribution in [0.3, 0.4) is 0 Å². The third-order valence-electron chi connectivity index (χ3n) is 2.88. The molecule has 13 heavy (non-hydrogen) atoms. The molecule has 0 spiro atoms. The lowest BCUT2D eigenvalue weighted by Crippen LogP contribution is -2.56.